The Morgan fingerprint density at radius 1 is 1.06 bits per heavy atom. The number of rotatable bonds is 5. The van der Waals surface area contributed by atoms with Crippen molar-refractivity contribution in [2.75, 3.05) is 29.9 Å². The quantitative estimate of drug-likeness (QED) is 0.425. The molecule has 3 heterocycles. The number of imidazole rings is 1. The molecule has 8 nitrogen and oxygen atoms in total. The summed E-state index contributed by atoms with van der Waals surface area (Å²) in [6.45, 7) is 6.78. The summed E-state index contributed by atoms with van der Waals surface area (Å²) in [7, 11) is 0. The first-order valence-electron chi connectivity index (χ1n) is 11.5. The van der Waals surface area contributed by atoms with E-state index in [0.717, 1.165) is 6.20 Å². The lowest BCUT2D eigenvalue weighted by molar-refractivity contribution is -0.118. The fourth-order valence-electron chi connectivity index (χ4n) is 4.48. The van der Waals surface area contributed by atoms with Crippen LogP contribution in [0, 0.1) is 24.4 Å². The predicted octanol–water partition coefficient (Wildman–Crippen LogP) is 4.48. The molecule has 1 amide bonds. The molecule has 186 valence electrons. The number of hydrogen-bond donors (Lipinski definition) is 2. The molecule has 0 bridgehead atoms. The standard InChI is InChI=1S/C25H24F3N7O/c1-13(2)35-14(3)31-24-18(27)8-15(9-21(24)35)23-19(28)11-30-25(33-23)32-16-4-5-20(17(26)10-16)34-7-6-29-12-22(34)36/h4-5,8-11,13,29H,6-7,12H2,1-3H3,(H,30,32,33). The molecule has 1 aliphatic rings. The summed E-state index contributed by atoms with van der Waals surface area (Å²) >= 11 is 0. The number of amides is 1. The molecule has 1 aliphatic heterocycles. The Morgan fingerprint density at radius 2 is 1.86 bits per heavy atom. The highest BCUT2D eigenvalue weighted by molar-refractivity contribution is 5.95. The minimum atomic E-state index is -0.731. The second-order valence-electron chi connectivity index (χ2n) is 8.85. The lowest BCUT2D eigenvalue weighted by Gasteiger charge is -2.27. The molecule has 36 heavy (non-hydrogen) atoms. The molecule has 0 atom stereocenters. The summed E-state index contributed by atoms with van der Waals surface area (Å²) in [6.07, 6.45) is 0.974. The second-order valence-corrected chi connectivity index (χ2v) is 8.85. The van der Waals surface area contributed by atoms with Crippen LogP contribution >= 0.6 is 0 Å². The topological polar surface area (TPSA) is 88.0 Å². The monoisotopic (exact) mass is 495 g/mol. The number of benzene rings is 2. The number of fused-ring (bicyclic) bond motifs is 1. The van der Waals surface area contributed by atoms with Crippen molar-refractivity contribution in [1.82, 2.24) is 24.8 Å². The number of hydrogen-bond acceptors (Lipinski definition) is 6. The highest BCUT2D eigenvalue weighted by atomic mass is 19.1. The van der Waals surface area contributed by atoms with Crippen molar-refractivity contribution in [3.63, 3.8) is 0 Å². The molecule has 2 aromatic heterocycles. The number of nitrogens with zero attached hydrogens (tertiary/aromatic N) is 5. The van der Waals surface area contributed by atoms with E-state index in [1.54, 1.807) is 19.1 Å². The first kappa shape index (κ1) is 23.7. The molecule has 11 heteroatoms. The molecule has 0 radical (unpaired) electrons. The van der Waals surface area contributed by atoms with Crippen molar-refractivity contribution in [1.29, 1.82) is 0 Å². The number of carbonyl (C=O) groups is 1. The number of nitrogens with one attached hydrogen (secondary N) is 2. The Balaban J connectivity index is 1.47. The van der Waals surface area contributed by atoms with Gasteiger partial charge in [0.1, 0.15) is 22.9 Å². The van der Waals surface area contributed by atoms with Crippen molar-refractivity contribution >= 4 is 34.3 Å². The Bertz CT molecular complexity index is 1480. The van der Waals surface area contributed by atoms with Gasteiger partial charge in [0, 0.05) is 30.4 Å². The number of anilines is 3. The molecule has 1 fully saturated rings. The van der Waals surface area contributed by atoms with E-state index in [1.807, 2.05) is 18.4 Å². The minimum Gasteiger partial charge on any atom is -0.326 e. The van der Waals surface area contributed by atoms with Crippen LogP contribution in [0.3, 0.4) is 0 Å². The van der Waals surface area contributed by atoms with Crippen molar-refractivity contribution < 1.29 is 18.0 Å². The number of aromatic nitrogens is 4. The first-order valence-corrected chi connectivity index (χ1v) is 11.5. The van der Waals surface area contributed by atoms with Crippen LogP contribution in [0.2, 0.25) is 0 Å². The summed E-state index contributed by atoms with van der Waals surface area (Å²) in [4.78, 5) is 26.0. The van der Waals surface area contributed by atoms with Crippen LogP contribution in [0.4, 0.5) is 30.5 Å². The van der Waals surface area contributed by atoms with E-state index in [-0.39, 0.29) is 46.9 Å². The van der Waals surface area contributed by atoms with Crippen LogP contribution in [-0.2, 0) is 4.79 Å². The van der Waals surface area contributed by atoms with Gasteiger partial charge in [-0.2, -0.15) is 0 Å². The Morgan fingerprint density at radius 3 is 2.58 bits per heavy atom. The van der Waals surface area contributed by atoms with Gasteiger partial charge in [0.15, 0.2) is 11.6 Å². The maximum absolute atomic E-state index is 14.9. The Kier molecular flexibility index (Phi) is 6.09. The van der Waals surface area contributed by atoms with Gasteiger partial charge in [0.2, 0.25) is 11.9 Å². The molecule has 1 saturated heterocycles. The normalized spacial score (nSPS) is 14.2. The van der Waals surface area contributed by atoms with Crippen LogP contribution < -0.4 is 15.5 Å². The third kappa shape index (κ3) is 4.26. The van der Waals surface area contributed by atoms with Gasteiger partial charge in [-0.25, -0.2) is 28.1 Å². The SMILES string of the molecule is Cc1nc2c(F)cc(-c3nc(Nc4ccc(N5CCNCC5=O)c(F)c4)ncc3F)cc2n1C(C)C. The highest BCUT2D eigenvalue weighted by Gasteiger charge is 2.22. The fraction of sp³-hybridized carbons (Fsp3) is 0.280. The molecule has 2 aromatic carbocycles. The molecule has 4 aromatic rings. The first-order chi connectivity index (χ1) is 17.2. The van der Waals surface area contributed by atoms with Crippen molar-refractivity contribution in [2.45, 2.75) is 26.8 Å². The summed E-state index contributed by atoms with van der Waals surface area (Å²) < 4.78 is 46.3. The molecule has 0 aliphatic carbocycles. The van der Waals surface area contributed by atoms with Crippen molar-refractivity contribution in [3.05, 3.63) is 59.8 Å². The van der Waals surface area contributed by atoms with Crippen LogP contribution in [0.25, 0.3) is 22.3 Å². The van der Waals surface area contributed by atoms with Crippen LogP contribution in [0.15, 0.2) is 36.5 Å². The van der Waals surface area contributed by atoms with Gasteiger partial charge in [-0.1, -0.05) is 0 Å². The van der Waals surface area contributed by atoms with Gasteiger partial charge in [-0.3, -0.25) is 4.79 Å². The van der Waals surface area contributed by atoms with Crippen LogP contribution in [-0.4, -0.2) is 45.1 Å². The molecule has 0 saturated carbocycles. The van der Waals surface area contributed by atoms with Gasteiger partial charge in [0.25, 0.3) is 0 Å². The minimum absolute atomic E-state index is 0.00542. The molecule has 0 unspecified atom stereocenters. The third-order valence-electron chi connectivity index (χ3n) is 6.04. The molecular weight excluding hydrogens is 471 g/mol. The van der Waals surface area contributed by atoms with Gasteiger partial charge < -0.3 is 20.1 Å². The molecule has 2 N–H and O–H groups in total. The maximum Gasteiger partial charge on any atom is 0.241 e. The zero-order chi connectivity index (χ0) is 25.6. The van der Waals surface area contributed by atoms with E-state index in [0.29, 0.717) is 30.1 Å². The zero-order valence-corrected chi connectivity index (χ0v) is 19.9. The number of carbonyl (C=O) groups excluding carboxylic acids is 1. The van der Waals surface area contributed by atoms with E-state index in [1.165, 1.54) is 23.1 Å². The summed E-state index contributed by atoms with van der Waals surface area (Å²) in [5.74, 6) is -1.48. The van der Waals surface area contributed by atoms with E-state index < -0.39 is 17.5 Å². The van der Waals surface area contributed by atoms with E-state index in [9.17, 15) is 18.0 Å². The van der Waals surface area contributed by atoms with Gasteiger partial charge in [0.05, 0.1) is 23.9 Å². The lowest BCUT2D eigenvalue weighted by Crippen LogP contribution is -2.48. The van der Waals surface area contributed by atoms with E-state index in [2.05, 4.69) is 25.6 Å². The Labute approximate surface area is 205 Å². The lowest BCUT2D eigenvalue weighted by atomic mass is 10.1. The van der Waals surface area contributed by atoms with Crippen LogP contribution in [0.1, 0.15) is 25.7 Å². The zero-order valence-electron chi connectivity index (χ0n) is 19.9. The summed E-state index contributed by atoms with van der Waals surface area (Å²) in [5.41, 5.74) is 1.34. The maximum atomic E-state index is 14.9. The van der Waals surface area contributed by atoms with E-state index >= 15 is 0 Å². The average Bonchev–Trinajstić information content (AvgIpc) is 3.18. The average molecular weight is 496 g/mol. The summed E-state index contributed by atoms with van der Waals surface area (Å²) in [6, 6.07) is 7.14. The molecule has 0 spiro atoms. The number of halogens is 3. The van der Waals surface area contributed by atoms with Crippen molar-refractivity contribution in [3.8, 4) is 11.3 Å². The molecule has 5 rings (SSSR count). The molecular formula is C25H24F3N7O. The van der Waals surface area contributed by atoms with Gasteiger partial charge in [-0.15, -0.1) is 0 Å². The van der Waals surface area contributed by atoms with Crippen molar-refractivity contribution in [2.24, 2.45) is 0 Å². The second kappa shape index (κ2) is 9.23. The van der Waals surface area contributed by atoms with Crippen LogP contribution in [0.5, 0.6) is 0 Å². The van der Waals surface area contributed by atoms with E-state index in [4.69, 9.17) is 0 Å². The van der Waals surface area contributed by atoms with Gasteiger partial charge in [-0.05, 0) is 51.1 Å². The smallest absolute Gasteiger partial charge is 0.241 e. The fourth-order valence-corrected chi connectivity index (χ4v) is 4.48. The summed E-state index contributed by atoms with van der Waals surface area (Å²) in [5, 5.41) is 5.80. The number of aryl methyl sites for hydroxylation is 1. The predicted molar refractivity (Wildman–Crippen MR) is 131 cm³/mol. The number of piperazine rings is 1. The largest absolute Gasteiger partial charge is 0.326 e. The Hall–Kier alpha value is -3.99. The third-order valence-corrected chi connectivity index (χ3v) is 6.04. The van der Waals surface area contributed by atoms with Gasteiger partial charge >= 0.3 is 0 Å². The highest BCUT2D eigenvalue weighted by Crippen LogP contribution is 2.31.